The van der Waals surface area contributed by atoms with E-state index in [1.807, 2.05) is 46.8 Å². The van der Waals surface area contributed by atoms with Crippen molar-refractivity contribution in [2.24, 2.45) is 0 Å². The van der Waals surface area contributed by atoms with E-state index in [2.05, 4.69) is 10.6 Å². The summed E-state index contributed by atoms with van der Waals surface area (Å²) in [5.41, 5.74) is -0.470. The van der Waals surface area contributed by atoms with Gasteiger partial charge in [0.1, 0.15) is 11.4 Å². The molecule has 5 nitrogen and oxygen atoms in total. The van der Waals surface area contributed by atoms with Crippen LogP contribution in [0.1, 0.15) is 46.4 Å². The number of carbonyl (C=O) groups is 1. The minimum Gasteiger partial charge on any atom is -0.468 e. The number of ether oxygens (including phenoxy) is 1. The summed E-state index contributed by atoms with van der Waals surface area (Å²) < 4.78 is 10.5. The second-order valence-electron chi connectivity index (χ2n) is 5.69. The number of amides is 1. The average Bonchev–Trinajstić information content (AvgIpc) is 2.77. The molecule has 1 rings (SSSR count). The first-order valence-corrected chi connectivity index (χ1v) is 6.54. The van der Waals surface area contributed by atoms with Crippen LogP contribution in [0.4, 0.5) is 4.79 Å². The zero-order valence-electron chi connectivity index (χ0n) is 12.3. The van der Waals surface area contributed by atoms with Crippen molar-refractivity contribution in [1.29, 1.82) is 0 Å². The van der Waals surface area contributed by atoms with Gasteiger partial charge in [0.25, 0.3) is 0 Å². The average molecular weight is 268 g/mol. The van der Waals surface area contributed by atoms with Crippen LogP contribution in [-0.4, -0.2) is 24.3 Å². The molecule has 2 atom stereocenters. The standard InChI is InChI=1S/C14H24N2O3/c1-10(9-15-13(17)19-14(3,4)5)16-11(2)12-7-6-8-18-12/h6-8,10-11,16H,9H2,1-5H3,(H,15,17)/t10?,11-/m1/s1. The quantitative estimate of drug-likeness (QED) is 0.862. The number of hydrogen-bond donors (Lipinski definition) is 2. The molecule has 0 bridgehead atoms. The molecule has 108 valence electrons. The van der Waals surface area contributed by atoms with Gasteiger partial charge in [-0.2, -0.15) is 0 Å². The Kier molecular flexibility index (Phi) is 5.42. The van der Waals surface area contributed by atoms with E-state index in [1.54, 1.807) is 6.26 Å². The number of alkyl carbamates (subject to hydrolysis) is 1. The fourth-order valence-corrected chi connectivity index (χ4v) is 1.66. The van der Waals surface area contributed by atoms with Gasteiger partial charge in [0.05, 0.1) is 12.3 Å². The lowest BCUT2D eigenvalue weighted by molar-refractivity contribution is 0.0522. The van der Waals surface area contributed by atoms with Crippen LogP contribution >= 0.6 is 0 Å². The van der Waals surface area contributed by atoms with Gasteiger partial charge in [-0.25, -0.2) is 4.79 Å². The molecule has 1 aromatic heterocycles. The lowest BCUT2D eigenvalue weighted by Gasteiger charge is -2.22. The summed E-state index contributed by atoms with van der Waals surface area (Å²) in [5.74, 6) is 0.879. The Hall–Kier alpha value is -1.49. The molecule has 0 aliphatic rings. The van der Waals surface area contributed by atoms with Crippen LogP contribution in [0.25, 0.3) is 0 Å². The third-order valence-corrected chi connectivity index (χ3v) is 2.46. The Balaban J connectivity index is 2.28. The van der Waals surface area contributed by atoms with Crippen molar-refractivity contribution in [3.63, 3.8) is 0 Å². The van der Waals surface area contributed by atoms with Crippen LogP contribution in [0.2, 0.25) is 0 Å². The van der Waals surface area contributed by atoms with Crippen LogP contribution in [0, 0.1) is 0 Å². The van der Waals surface area contributed by atoms with Gasteiger partial charge in [0, 0.05) is 12.6 Å². The maximum absolute atomic E-state index is 11.5. The molecule has 0 spiro atoms. The Labute approximate surface area is 114 Å². The molecule has 0 aromatic carbocycles. The summed E-state index contributed by atoms with van der Waals surface area (Å²) in [6.45, 7) is 10.0. The Bertz CT molecular complexity index is 382. The van der Waals surface area contributed by atoms with Gasteiger partial charge in [-0.3, -0.25) is 0 Å². The van der Waals surface area contributed by atoms with Crippen LogP contribution in [0.3, 0.4) is 0 Å². The highest BCUT2D eigenvalue weighted by Gasteiger charge is 2.17. The molecular formula is C14H24N2O3. The van der Waals surface area contributed by atoms with Gasteiger partial charge in [0.15, 0.2) is 0 Å². The van der Waals surface area contributed by atoms with Crippen molar-refractivity contribution in [3.8, 4) is 0 Å². The third-order valence-electron chi connectivity index (χ3n) is 2.46. The largest absolute Gasteiger partial charge is 0.468 e. The van der Waals surface area contributed by atoms with Gasteiger partial charge in [-0.15, -0.1) is 0 Å². The van der Waals surface area contributed by atoms with E-state index < -0.39 is 11.7 Å². The second kappa shape index (κ2) is 6.61. The van der Waals surface area contributed by atoms with E-state index in [4.69, 9.17) is 9.15 Å². The van der Waals surface area contributed by atoms with E-state index in [1.165, 1.54) is 0 Å². The molecule has 0 saturated carbocycles. The topological polar surface area (TPSA) is 63.5 Å². The molecule has 1 amide bonds. The maximum atomic E-state index is 11.5. The van der Waals surface area contributed by atoms with E-state index in [0.29, 0.717) is 6.54 Å². The minimum absolute atomic E-state index is 0.102. The van der Waals surface area contributed by atoms with Crippen LogP contribution in [0.5, 0.6) is 0 Å². The monoisotopic (exact) mass is 268 g/mol. The first-order valence-electron chi connectivity index (χ1n) is 6.54. The number of carbonyl (C=O) groups excluding carboxylic acids is 1. The number of furan rings is 1. The highest BCUT2D eigenvalue weighted by Crippen LogP contribution is 2.12. The van der Waals surface area contributed by atoms with Crippen molar-refractivity contribution in [2.45, 2.75) is 52.3 Å². The van der Waals surface area contributed by atoms with Crippen LogP contribution < -0.4 is 10.6 Å². The Morgan fingerprint density at radius 3 is 2.63 bits per heavy atom. The zero-order valence-corrected chi connectivity index (χ0v) is 12.3. The van der Waals surface area contributed by atoms with Crippen molar-refractivity contribution in [3.05, 3.63) is 24.2 Å². The maximum Gasteiger partial charge on any atom is 0.407 e. The fraction of sp³-hybridized carbons (Fsp3) is 0.643. The first kappa shape index (κ1) is 15.6. The second-order valence-corrected chi connectivity index (χ2v) is 5.69. The molecule has 0 radical (unpaired) electrons. The van der Waals surface area contributed by atoms with E-state index in [-0.39, 0.29) is 12.1 Å². The normalized spacial score (nSPS) is 14.8. The van der Waals surface area contributed by atoms with Gasteiger partial charge >= 0.3 is 6.09 Å². The molecule has 0 aliphatic heterocycles. The summed E-state index contributed by atoms with van der Waals surface area (Å²) in [7, 11) is 0. The summed E-state index contributed by atoms with van der Waals surface area (Å²) in [5, 5.41) is 6.07. The van der Waals surface area contributed by atoms with E-state index >= 15 is 0 Å². The molecule has 2 N–H and O–H groups in total. The van der Waals surface area contributed by atoms with E-state index in [9.17, 15) is 4.79 Å². The van der Waals surface area contributed by atoms with Gasteiger partial charge in [0.2, 0.25) is 0 Å². The predicted molar refractivity (Wildman–Crippen MR) is 74.0 cm³/mol. The van der Waals surface area contributed by atoms with Gasteiger partial charge < -0.3 is 19.8 Å². The van der Waals surface area contributed by atoms with Gasteiger partial charge in [-0.1, -0.05) is 0 Å². The fourth-order valence-electron chi connectivity index (χ4n) is 1.66. The SMILES string of the molecule is CC(CNC(=O)OC(C)(C)C)N[C@H](C)c1ccco1. The first-order chi connectivity index (χ1) is 8.78. The zero-order chi connectivity index (χ0) is 14.5. The van der Waals surface area contributed by atoms with E-state index in [0.717, 1.165) is 5.76 Å². The minimum atomic E-state index is -0.470. The molecule has 1 aromatic rings. The summed E-state index contributed by atoms with van der Waals surface area (Å²) in [6, 6.07) is 4.00. The third kappa shape index (κ3) is 6.29. The number of hydrogen-bond acceptors (Lipinski definition) is 4. The summed E-state index contributed by atoms with van der Waals surface area (Å²) in [6.07, 6.45) is 1.25. The predicted octanol–water partition coefficient (Wildman–Crippen LogP) is 2.84. The molecule has 5 heteroatoms. The Morgan fingerprint density at radius 2 is 2.11 bits per heavy atom. The molecule has 0 fully saturated rings. The van der Waals surface area contributed by atoms with Crippen LogP contribution in [-0.2, 0) is 4.74 Å². The highest BCUT2D eigenvalue weighted by molar-refractivity contribution is 5.67. The van der Waals surface area contributed by atoms with Crippen molar-refractivity contribution in [2.75, 3.05) is 6.54 Å². The molecule has 1 heterocycles. The van der Waals surface area contributed by atoms with Crippen molar-refractivity contribution in [1.82, 2.24) is 10.6 Å². The summed E-state index contributed by atoms with van der Waals surface area (Å²) >= 11 is 0. The molecule has 0 saturated heterocycles. The van der Waals surface area contributed by atoms with Crippen molar-refractivity contribution < 1.29 is 13.9 Å². The highest BCUT2D eigenvalue weighted by atomic mass is 16.6. The Morgan fingerprint density at radius 1 is 1.42 bits per heavy atom. The van der Waals surface area contributed by atoms with Gasteiger partial charge in [-0.05, 0) is 46.8 Å². The lowest BCUT2D eigenvalue weighted by Crippen LogP contribution is -2.41. The molecule has 0 aliphatic carbocycles. The molecule has 1 unspecified atom stereocenters. The number of nitrogens with one attached hydrogen (secondary N) is 2. The molecular weight excluding hydrogens is 244 g/mol. The van der Waals surface area contributed by atoms with Crippen molar-refractivity contribution >= 4 is 6.09 Å². The summed E-state index contributed by atoms with van der Waals surface area (Å²) in [4.78, 5) is 11.5. The molecule has 19 heavy (non-hydrogen) atoms. The lowest BCUT2D eigenvalue weighted by atomic mass is 10.2. The number of rotatable bonds is 5. The van der Waals surface area contributed by atoms with Crippen LogP contribution in [0.15, 0.2) is 22.8 Å². The smallest absolute Gasteiger partial charge is 0.407 e.